The highest BCUT2D eigenvalue weighted by molar-refractivity contribution is 5.35. The first-order valence-electron chi connectivity index (χ1n) is 7.16. The van der Waals surface area contributed by atoms with Crippen LogP contribution in [0.3, 0.4) is 0 Å². The van der Waals surface area contributed by atoms with Crippen LogP contribution < -0.4 is 0 Å². The summed E-state index contributed by atoms with van der Waals surface area (Å²) in [6, 6.07) is 10.3. The number of aliphatic hydroxyl groups is 1. The standard InChI is InChI=1S/C18H23NO/c1-5-15-8-9-16(19-12-15)11-18(4,20)17-10-13(2)6-7-14(17)3/h6-10,12,20H,5,11H2,1-4H3. The van der Waals surface area contributed by atoms with Crippen molar-refractivity contribution in [2.75, 3.05) is 0 Å². The number of nitrogens with zero attached hydrogens (tertiary/aromatic N) is 1. The maximum atomic E-state index is 10.8. The molecule has 1 atom stereocenters. The Balaban J connectivity index is 2.27. The zero-order valence-electron chi connectivity index (χ0n) is 12.8. The van der Waals surface area contributed by atoms with Gasteiger partial charge in [-0.1, -0.05) is 36.8 Å². The highest BCUT2D eigenvalue weighted by Crippen LogP contribution is 2.28. The topological polar surface area (TPSA) is 33.1 Å². The molecule has 2 heteroatoms. The zero-order valence-corrected chi connectivity index (χ0v) is 12.8. The predicted molar refractivity (Wildman–Crippen MR) is 82.8 cm³/mol. The summed E-state index contributed by atoms with van der Waals surface area (Å²) in [6.45, 7) is 8.07. The summed E-state index contributed by atoms with van der Waals surface area (Å²) < 4.78 is 0. The maximum Gasteiger partial charge on any atom is 0.0926 e. The van der Waals surface area contributed by atoms with Crippen LogP contribution >= 0.6 is 0 Å². The molecule has 0 saturated heterocycles. The van der Waals surface area contributed by atoms with Crippen LogP contribution in [0.4, 0.5) is 0 Å². The van der Waals surface area contributed by atoms with Crippen molar-refractivity contribution in [3.63, 3.8) is 0 Å². The Bertz CT molecular complexity index is 585. The molecular weight excluding hydrogens is 246 g/mol. The Morgan fingerprint density at radius 3 is 2.50 bits per heavy atom. The van der Waals surface area contributed by atoms with Gasteiger partial charge in [-0.2, -0.15) is 0 Å². The van der Waals surface area contributed by atoms with Crippen molar-refractivity contribution in [3.05, 3.63) is 64.5 Å². The van der Waals surface area contributed by atoms with E-state index in [2.05, 4.69) is 36.2 Å². The van der Waals surface area contributed by atoms with Gasteiger partial charge >= 0.3 is 0 Å². The van der Waals surface area contributed by atoms with Crippen molar-refractivity contribution in [1.82, 2.24) is 4.98 Å². The molecule has 1 aromatic heterocycles. The molecule has 0 amide bonds. The third kappa shape index (κ3) is 3.26. The third-order valence-corrected chi connectivity index (χ3v) is 3.79. The van der Waals surface area contributed by atoms with E-state index in [-0.39, 0.29) is 0 Å². The van der Waals surface area contributed by atoms with Gasteiger partial charge in [0.05, 0.1) is 5.60 Å². The van der Waals surface area contributed by atoms with Crippen molar-refractivity contribution in [1.29, 1.82) is 0 Å². The van der Waals surface area contributed by atoms with Crippen molar-refractivity contribution >= 4 is 0 Å². The first kappa shape index (κ1) is 14.7. The van der Waals surface area contributed by atoms with Gasteiger partial charge in [0.25, 0.3) is 0 Å². The van der Waals surface area contributed by atoms with E-state index < -0.39 is 5.60 Å². The minimum Gasteiger partial charge on any atom is -0.385 e. The summed E-state index contributed by atoms with van der Waals surface area (Å²) in [6.07, 6.45) is 3.41. The first-order chi connectivity index (χ1) is 9.42. The molecule has 2 aromatic rings. The highest BCUT2D eigenvalue weighted by atomic mass is 16.3. The zero-order chi connectivity index (χ0) is 14.8. The Hall–Kier alpha value is -1.67. The number of pyridine rings is 1. The fourth-order valence-corrected chi connectivity index (χ4v) is 2.53. The molecule has 0 saturated carbocycles. The third-order valence-electron chi connectivity index (χ3n) is 3.79. The monoisotopic (exact) mass is 269 g/mol. The average molecular weight is 269 g/mol. The van der Waals surface area contributed by atoms with Crippen molar-refractivity contribution in [2.45, 2.75) is 46.1 Å². The molecule has 0 bridgehead atoms. The molecule has 106 valence electrons. The van der Waals surface area contributed by atoms with Crippen molar-refractivity contribution in [3.8, 4) is 0 Å². The van der Waals surface area contributed by atoms with E-state index >= 15 is 0 Å². The molecule has 2 nitrogen and oxygen atoms in total. The summed E-state index contributed by atoms with van der Waals surface area (Å²) in [5.74, 6) is 0. The number of hydrogen-bond acceptors (Lipinski definition) is 2. The molecule has 0 aliphatic rings. The van der Waals surface area contributed by atoms with Crippen molar-refractivity contribution < 1.29 is 5.11 Å². The van der Waals surface area contributed by atoms with E-state index in [0.29, 0.717) is 6.42 Å². The quantitative estimate of drug-likeness (QED) is 0.918. The SMILES string of the molecule is CCc1ccc(CC(C)(O)c2cc(C)ccc2C)nc1. The van der Waals surface area contributed by atoms with Gasteiger partial charge in [0.15, 0.2) is 0 Å². The van der Waals surface area contributed by atoms with Gasteiger partial charge < -0.3 is 5.11 Å². The lowest BCUT2D eigenvalue weighted by Gasteiger charge is -2.26. The lowest BCUT2D eigenvalue weighted by Crippen LogP contribution is -2.26. The Morgan fingerprint density at radius 2 is 1.90 bits per heavy atom. The summed E-state index contributed by atoms with van der Waals surface area (Å²) >= 11 is 0. The molecule has 0 aliphatic carbocycles. The molecule has 0 aliphatic heterocycles. The van der Waals surface area contributed by atoms with E-state index in [1.165, 1.54) is 11.1 Å². The molecule has 0 radical (unpaired) electrons. The van der Waals surface area contributed by atoms with E-state index in [4.69, 9.17) is 0 Å². The molecular formula is C18H23NO. The van der Waals surface area contributed by atoms with Gasteiger partial charge in [0.1, 0.15) is 0 Å². The lowest BCUT2D eigenvalue weighted by atomic mass is 9.87. The molecule has 0 fully saturated rings. The minimum atomic E-state index is -0.892. The normalized spacial score (nSPS) is 14.1. The Kier molecular flexibility index (Phi) is 4.24. The van der Waals surface area contributed by atoms with Crippen molar-refractivity contribution in [2.24, 2.45) is 0 Å². The van der Waals surface area contributed by atoms with Crippen LogP contribution in [-0.4, -0.2) is 10.1 Å². The minimum absolute atomic E-state index is 0.529. The summed E-state index contributed by atoms with van der Waals surface area (Å²) in [5, 5.41) is 10.8. The van der Waals surface area contributed by atoms with Gasteiger partial charge in [-0.3, -0.25) is 4.98 Å². The van der Waals surface area contributed by atoms with Gasteiger partial charge in [-0.25, -0.2) is 0 Å². The maximum absolute atomic E-state index is 10.8. The largest absolute Gasteiger partial charge is 0.385 e. The summed E-state index contributed by atoms with van der Waals surface area (Å²) in [5.41, 5.74) is 4.52. The lowest BCUT2D eigenvalue weighted by molar-refractivity contribution is 0.0559. The van der Waals surface area contributed by atoms with E-state index in [1.807, 2.05) is 33.0 Å². The number of benzene rings is 1. The van der Waals surface area contributed by atoms with Gasteiger partial charge in [0.2, 0.25) is 0 Å². The second-order valence-corrected chi connectivity index (χ2v) is 5.78. The van der Waals surface area contributed by atoms with Crippen LogP contribution in [0.5, 0.6) is 0 Å². The van der Waals surface area contributed by atoms with E-state index in [0.717, 1.165) is 23.2 Å². The van der Waals surface area contributed by atoms with Gasteiger partial charge in [-0.05, 0) is 49.9 Å². The highest BCUT2D eigenvalue weighted by Gasteiger charge is 2.26. The van der Waals surface area contributed by atoms with Crippen LogP contribution in [0.2, 0.25) is 0 Å². The average Bonchev–Trinajstić information content (AvgIpc) is 2.42. The Labute approximate surface area is 121 Å². The molecule has 1 heterocycles. The van der Waals surface area contributed by atoms with E-state index in [1.54, 1.807) is 0 Å². The smallest absolute Gasteiger partial charge is 0.0926 e. The molecule has 20 heavy (non-hydrogen) atoms. The fourth-order valence-electron chi connectivity index (χ4n) is 2.53. The second kappa shape index (κ2) is 5.76. The summed E-state index contributed by atoms with van der Waals surface area (Å²) in [7, 11) is 0. The number of rotatable bonds is 4. The van der Waals surface area contributed by atoms with Crippen LogP contribution in [0, 0.1) is 13.8 Å². The molecule has 1 aromatic carbocycles. The molecule has 0 spiro atoms. The van der Waals surface area contributed by atoms with Gasteiger partial charge in [-0.15, -0.1) is 0 Å². The van der Waals surface area contributed by atoms with Crippen LogP contribution in [-0.2, 0) is 18.4 Å². The number of hydrogen-bond donors (Lipinski definition) is 1. The summed E-state index contributed by atoms with van der Waals surface area (Å²) in [4.78, 5) is 4.45. The fraction of sp³-hybridized carbons (Fsp3) is 0.389. The Morgan fingerprint density at radius 1 is 1.15 bits per heavy atom. The predicted octanol–water partition coefficient (Wildman–Crippen LogP) is 3.71. The van der Waals surface area contributed by atoms with Crippen LogP contribution in [0.25, 0.3) is 0 Å². The number of aromatic nitrogens is 1. The molecule has 2 rings (SSSR count). The molecule has 1 N–H and O–H groups in total. The second-order valence-electron chi connectivity index (χ2n) is 5.78. The first-order valence-corrected chi connectivity index (χ1v) is 7.16. The van der Waals surface area contributed by atoms with E-state index in [9.17, 15) is 5.11 Å². The van der Waals surface area contributed by atoms with Crippen LogP contribution in [0.15, 0.2) is 36.5 Å². The molecule has 1 unspecified atom stereocenters. The van der Waals surface area contributed by atoms with Crippen LogP contribution in [0.1, 0.15) is 41.8 Å². The van der Waals surface area contributed by atoms with Gasteiger partial charge in [0, 0.05) is 18.3 Å². The number of aryl methyl sites for hydroxylation is 3.